The molecule has 354 valence electrons. The number of fused-ring (bicyclic) bond motifs is 7. The highest BCUT2D eigenvalue weighted by molar-refractivity contribution is 5.26. The molecular weight excluding hydrogens is 812 g/mol. The molecule has 62 heavy (non-hydrogen) atoms. The zero-order valence-corrected chi connectivity index (χ0v) is 36.6. The summed E-state index contributed by atoms with van der Waals surface area (Å²) in [5.74, 6) is 1.89. The zero-order chi connectivity index (χ0) is 44.2. The maximum atomic E-state index is 12.0. The van der Waals surface area contributed by atoms with E-state index in [9.17, 15) is 46.0 Å². The summed E-state index contributed by atoms with van der Waals surface area (Å²) in [6.45, 7) is 10.3. The summed E-state index contributed by atoms with van der Waals surface area (Å²) in [6.07, 6.45) is -11.2. The monoisotopic (exact) mass is 884 g/mol. The van der Waals surface area contributed by atoms with E-state index in [1.807, 2.05) is 0 Å². The maximum Gasteiger partial charge on any atom is 0.187 e. The van der Waals surface area contributed by atoms with E-state index in [0.29, 0.717) is 43.1 Å². The lowest BCUT2D eigenvalue weighted by atomic mass is 9.47. The Morgan fingerprint density at radius 2 is 1.34 bits per heavy atom. The molecule has 0 radical (unpaired) electrons. The molecule has 4 aliphatic carbocycles. The van der Waals surface area contributed by atoms with Gasteiger partial charge in [0.05, 0.1) is 37.6 Å². The Morgan fingerprint density at radius 1 is 0.677 bits per heavy atom. The van der Waals surface area contributed by atoms with Crippen molar-refractivity contribution in [3.63, 3.8) is 0 Å². The Kier molecular flexibility index (Phi) is 12.9. The molecule has 0 aromatic heterocycles. The molecule has 5 saturated heterocycles. The van der Waals surface area contributed by atoms with Gasteiger partial charge in [-0.1, -0.05) is 32.4 Å². The van der Waals surface area contributed by atoms with Gasteiger partial charge in [0.1, 0.15) is 61.0 Å². The van der Waals surface area contributed by atoms with Crippen LogP contribution in [0.25, 0.3) is 0 Å². The van der Waals surface area contributed by atoms with Crippen LogP contribution in [0.4, 0.5) is 0 Å². The van der Waals surface area contributed by atoms with Crippen LogP contribution in [-0.2, 0) is 37.9 Å². The number of hydrogen-bond acceptors (Lipinski definition) is 17. The second-order valence-electron chi connectivity index (χ2n) is 21.0. The topological polar surface area (TPSA) is 256 Å². The summed E-state index contributed by atoms with van der Waals surface area (Å²) in [7, 11) is 0. The number of allylic oxidation sites excluding steroid dienone is 1. The molecule has 1 spiro atoms. The molecule has 0 unspecified atom stereocenters. The van der Waals surface area contributed by atoms with Crippen LogP contribution in [0, 0.1) is 46.3 Å². The predicted molar refractivity (Wildman–Crippen MR) is 214 cm³/mol. The molecule has 0 bridgehead atoms. The number of aliphatic hydroxyl groups is 9. The van der Waals surface area contributed by atoms with E-state index in [-0.39, 0.29) is 41.5 Å². The van der Waals surface area contributed by atoms with Crippen LogP contribution >= 0.6 is 0 Å². The van der Waals surface area contributed by atoms with Crippen LogP contribution in [0.2, 0.25) is 0 Å². The number of rotatable bonds is 8. The van der Waals surface area contributed by atoms with Gasteiger partial charge in [0.25, 0.3) is 0 Å². The molecule has 9 N–H and O–H groups in total. The maximum absolute atomic E-state index is 12.0. The van der Waals surface area contributed by atoms with Gasteiger partial charge in [-0.2, -0.15) is 0 Å². The fraction of sp³-hybridized carbons (Fsp3) is 0.956. The molecule has 0 amide bonds. The molecule has 17 heteroatoms. The fourth-order valence-corrected chi connectivity index (χ4v) is 14.1. The first-order valence-electron chi connectivity index (χ1n) is 23.4. The highest BCUT2D eigenvalue weighted by atomic mass is 16.8. The summed E-state index contributed by atoms with van der Waals surface area (Å²) in [6, 6.07) is 0. The van der Waals surface area contributed by atoms with Gasteiger partial charge in [-0.15, -0.1) is 0 Å². The van der Waals surface area contributed by atoms with Gasteiger partial charge in [0.2, 0.25) is 0 Å². The third-order valence-electron chi connectivity index (χ3n) is 17.8. The van der Waals surface area contributed by atoms with E-state index < -0.39 is 105 Å². The van der Waals surface area contributed by atoms with Crippen molar-refractivity contribution in [2.24, 2.45) is 46.3 Å². The molecule has 3 saturated carbocycles. The van der Waals surface area contributed by atoms with Gasteiger partial charge in [-0.3, -0.25) is 0 Å². The number of ether oxygens (including phenoxy) is 8. The largest absolute Gasteiger partial charge is 0.396 e. The van der Waals surface area contributed by atoms with Crippen molar-refractivity contribution in [3.05, 3.63) is 11.6 Å². The van der Waals surface area contributed by atoms with Crippen LogP contribution in [0.15, 0.2) is 11.6 Å². The minimum absolute atomic E-state index is 0.0417. The standard InChI is InChI=1S/C45H72O17/c1-19-30-28(62-45(19)13-8-22(16-46)18-55-45)15-27-25-7-6-23-14-24(9-11-43(23,4)26(25)10-12-44(27,30)5)58-42-39(61-41-36(53)34(51)32(49)21(3)57-41)37(54)38(29(17-47)59-42)60-40-35(52)33(50)31(48)20(2)56-40/h6,19-22,24-42,46-54H,7-18H2,1-5H3/t19-,20+,21+,22+,24-,25-,26-,27-,28+,29+,30+,31+,32+,33-,34+,35-,36+,37-,38+,39-,40+,41+,42+,43-,44+,45-/m1/s1. The fourth-order valence-electron chi connectivity index (χ4n) is 14.1. The predicted octanol–water partition coefficient (Wildman–Crippen LogP) is 0.214. The van der Waals surface area contributed by atoms with E-state index in [4.69, 9.17) is 37.9 Å². The zero-order valence-electron chi connectivity index (χ0n) is 36.6. The smallest absolute Gasteiger partial charge is 0.187 e. The van der Waals surface area contributed by atoms with Crippen molar-refractivity contribution in [2.75, 3.05) is 19.8 Å². The van der Waals surface area contributed by atoms with Crippen LogP contribution in [0.5, 0.6) is 0 Å². The SMILES string of the molecule is C[C@@H]1O[C@@H](O[C@H]2[C@@H](O[C@@H]3CC[C@]4(C)C(=CC[C@H]5[C@H]6C[C@@H]7O[C@]8(CC[C@@H](CO)CO8)[C@H](C)[C@@H]7[C@@]6(C)CC[C@H]54)C3)O[C@@H](CO)[C@H](O[C@@H]3O[C@@H](C)[C@H](O)[C@@H](O)[C@H]3O)[C@H]2O)[C@@H](O)[C@@H](O)[C@H]1O. The van der Waals surface area contributed by atoms with Gasteiger partial charge in [-0.05, 0) is 99.7 Å². The van der Waals surface area contributed by atoms with Gasteiger partial charge >= 0.3 is 0 Å². The molecule has 26 atom stereocenters. The molecule has 0 aromatic carbocycles. The van der Waals surface area contributed by atoms with Gasteiger partial charge < -0.3 is 83.9 Å². The molecular formula is C45H72O17. The lowest BCUT2D eigenvalue weighted by molar-refractivity contribution is -0.388. The van der Waals surface area contributed by atoms with Crippen LogP contribution in [0.3, 0.4) is 0 Å². The minimum Gasteiger partial charge on any atom is -0.396 e. The number of aliphatic hydroxyl groups excluding tert-OH is 9. The molecule has 9 aliphatic rings. The third kappa shape index (κ3) is 7.49. The van der Waals surface area contributed by atoms with Crippen molar-refractivity contribution < 1.29 is 83.9 Å². The summed E-state index contributed by atoms with van der Waals surface area (Å²) in [5.41, 5.74) is 1.44. The Labute approximate surface area is 363 Å². The molecule has 5 aliphatic heterocycles. The average Bonchev–Trinajstić information content (AvgIpc) is 3.70. The van der Waals surface area contributed by atoms with Crippen molar-refractivity contribution in [1.82, 2.24) is 0 Å². The van der Waals surface area contributed by atoms with Crippen LogP contribution in [-0.4, -0.2) is 176 Å². The molecule has 9 rings (SSSR count). The highest BCUT2D eigenvalue weighted by Crippen LogP contribution is 2.70. The van der Waals surface area contributed by atoms with Gasteiger partial charge in [0.15, 0.2) is 24.7 Å². The Morgan fingerprint density at radius 3 is 1.95 bits per heavy atom. The minimum atomic E-state index is -1.71. The lowest BCUT2D eigenvalue weighted by Crippen LogP contribution is -2.66. The molecule has 0 aromatic rings. The Balaban J connectivity index is 0.911. The summed E-state index contributed by atoms with van der Waals surface area (Å²) in [4.78, 5) is 0. The highest BCUT2D eigenvalue weighted by Gasteiger charge is 2.69. The molecule has 8 fully saturated rings. The van der Waals surface area contributed by atoms with E-state index in [1.165, 1.54) is 19.4 Å². The van der Waals surface area contributed by atoms with Crippen molar-refractivity contribution in [1.29, 1.82) is 0 Å². The van der Waals surface area contributed by atoms with Crippen molar-refractivity contribution in [3.8, 4) is 0 Å². The second kappa shape index (κ2) is 17.3. The lowest BCUT2D eigenvalue weighted by Gasteiger charge is -2.59. The number of hydrogen-bond donors (Lipinski definition) is 9. The molecule has 5 heterocycles. The second-order valence-corrected chi connectivity index (χ2v) is 21.0. The normalized spacial score (nSPS) is 57.6. The average molecular weight is 885 g/mol. The summed E-state index contributed by atoms with van der Waals surface area (Å²) in [5, 5.41) is 95.6. The summed E-state index contributed by atoms with van der Waals surface area (Å²) < 4.78 is 50.0. The first-order valence-corrected chi connectivity index (χ1v) is 23.4. The van der Waals surface area contributed by atoms with Crippen molar-refractivity contribution in [2.45, 2.75) is 203 Å². The Bertz CT molecular complexity index is 1610. The van der Waals surface area contributed by atoms with E-state index in [1.54, 1.807) is 0 Å². The van der Waals surface area contributed by atoms with Gasteiger partial charge in [-0.25, -0.2) is 0 Å². The van der Waals surface area contributed by atoms with E-state index >= 15 is 0 Å². The van der Waals surface area contributed by atoms with E-state index in [0.717, 1.165) is 44.9 Å². The van der Waals surface area contributed by atoms with Crippen LogP contribution in [0.1, 0.15) is 92.4 Å². The molecule has 17 nitrogen and oxygen atoms in total. The first-order chi connectivity index (χ1) is 29.4. The quantitative estimate of drug-likeness (QED) is 0.148. The Hall–Kier alpha value is -0.940. The van der Waals surface area contributed by atoms with E-state index in [2.05, 4.69) is 26.8 Å². The van der Waals surface area contributed by atoms with Crippen molar-refractivity contribution >= 4 is 0 Å². The first kappa shape index (κ1) is 46.2. The van der Waals surface area contributed by atoms with Crippen LogP contribution < -0.4 is 0 Å². The third-order valence-corrected chi connectivity index (χ3v) is 17.8. The van der Waals surface area contributed by atoms with Gasteiger partial charge in [0, 0.05) is 24.9 Å². The summed E-state index contributed by atoms with van der Waals surface area (Å²) >= 11 is 0.